The SMILES string of the molecule is CCSc1nnc(CNC(=O)c2ccc(OC)cc2)n1CCc1ccccc1. The van der Waals surface area contributed by atoms with Gasteiger partial charge < -0.3 is 14.6 Å². The van der Waals surface area contributed by atoms with E-state index < -0.39 is 0 Å². The predicted octanol–water partition coefficient (Wildman–Crippen LogP) is 3.57. The Labute approximate surface area is 169 Å². The summed E-state index contributed by atoms with van der Waals surface area (Å²) in [6.45, 7) is 3.19. The minimum atomic E-state index is -0.148. The normalized spacial score (nSPS) is 10.6. The molecule has 146 valence electrons. The van der Waals surface area contributed by atoms with Crippen LogP contribution in [0.3, 0.4) is 0 Å². The molecule has 1 amide bonds. The minimum Gasteiger partial charge on any atom is -0.497 e. The minimum absolute atomic E-state index is 0.148. The van der Waals surface area contributed by atoms with Crippen molar-refractivity contribution in [2.24, 2.45) is 0 Å². The van der Waals surface area contributed by atoms with Crippen molar-refractivity contribution in [2.45, 2.75) is 31.6 Å². The molecule has 0 atom stereocenters. The van der Waals surface area contributed by atoms with E-state index in [0.29, 0.717) is 12.1 Å². The second kappa shape index (κ2) is 9.94. The lowest BCUT2D eigenvalue weighted by atomic mass is 10.1. The van der Waals surface area contributed by atoms with Gasteiger partial charge in [-0.3, -0.25) is 4.79 Å². The van der Waals surface area contributed by atoms with Crippen LogP contribution in [0.5, 0.6) is 5.75 Å². The van der Waals surface area contributed by atoms with Crippen molar-refractivity contribution in [1.29, 1.82) is 0 Å². The standard InChI is InChI=1S/C21H24N4O2S/c1-3-28-21-24-23-19(25(21)14-13-16-7-5-4-6-8-16)15-22-20(26)17-9-11-18(27-2)12-10-17/h4-12H,3,13-15H2,1-2H3,(H,22,26). The number of hydrogen-bond acceptors (Lipinski definition) is 5. The van der Waals surface area contributed by atoms with Crippen LogP contribution >= 0.6 is 11.8 Å². The molecule has 7 heteroatoms. The fraction of sp³-hybridized carbons (Fsp3) is 0.286. The quantitative estimate of drug-likeness (QED) is 0.560. The summed E-state index contributed by atoms with van der Waals surface area (Å²) in [6.07, 6.45) is 0.885. The second-order valence-corrected chi connectivity index (χ2v) is 7.36. The molecule has 3 rings (SSSR count). The molecule has 0 saturated carbocycles. The maximum absolute atomic E-state index is 12.4. The van der Waals surface area contributed by atoms with E-state index in [1.807, 2.05) is 18.2 Å². The molecular weight excluding hydrogens is 372 g/mol. The van der Waals surface area contributed by atoms with Crippen molar-refractivity contribution in [3.63, 3.8) is 0 Å². The molecule has 0 spiro atoms. The summed E-state index contributed by atoms with van der Waals surface area (Å²) in [6, 6.07) is 17.4. The van der Waals surface area contributed by atoms with Gasteiger partial charge in [0.1, 0.15) is 5.75 Å². The van der Waals surface area contributed by atoms with Gasteiger partial charge in [0, 0.05) is 12.1 Å². The van der Waals surface area contributed by atoms with Crippen LogP contribution in [0, 0.1) is 0 Å². The first-order valence-corrected chi connectivity index (χ1v) is 10.2. The van der Waals surface area contributed by atoms with Crippen LogP contribution in [0.4, 0.5) is 0 Å². The van der Waals surface area contributed by atoms with Gasteiger partial charge in [-0.05, 0) is 42.0 Å². The average molecular weight is 397 g/mol. The van der Waals surface area contributed by atoms with Gasteiger partial charge in [-0.1, -0.05) is 49.0 Å². The highest BCUT2D eigenvalue weighted by molar-refractivity contribution is 7.99. The zero-order valence-corrected chi connectivity index (χ0v) is 16.9. The first-order valence-electron chi connectivity index (χ1n) is 9.22. The first kappa shape index (κ1) is 19.9. The topological polar surface area (TPSA) is 69.0 Å². The van der Waals surface area contributed by atoms with Crippen molar-refractivity contribution in [3.8, 4) is 5.75 Å². The molecule has 0 aliphatic rings. The maximum Gasteiger partial charge on any atom is 0.251 e. The molecular formula is C21H24N4O2S. The lowest BCUT2D eigenvalue weighted by Gasteiger charge is -2.11. The Morgan fingerprint density at radius 1 is 1.11 bits per heavy atom. The Morgan fingerprint density at radius 2 is 1.86 bits per heavy atom. The van der Waals surface area contributed by atoms with Crippen molar-refractivity contribution >= 4 is 17.7 Å². The fourth-order valence-electron chi connectivity index (χ4n) is 2.80. The van der Waals surface area contributed by atoms with Gasteiger partial charge in [0.05, 0.1) is 13.7 Å². The molecule has 0 aliphatic heterocycles. The van der Waals surface area contributed by atoms with Gasteiger partial charge in [-0.2, -0.15) is 0 Å². The Morgan fingerprint density at radius 3 is 2.54 bits per heavy atom. The summed E-state index contributed by atoms with van der Waals surface area (Å²) >= 11 is 1.66. The van der Waals surface area contributed by atoms with E-state index in [0.717, 1.165) is 35.4 Å². The van der Waals surface area contributed by atoms with Crippen LogP contribution in [-0.4, -0.2) is 33.5 Å². The maximum atomic E-state index is 12.4. The van der Waals surface area contributed by atoms with Gasteiger partial charge in [-0.25, -0.2) is 0 Å². The molecule has 1 aromatic heterocycles. The lowest BCUT2D eigenvalue weighted by Crippen LogP contribution is -2.25. The highest BCUT2D eigenvalue weighted by Crippen LogP contribution is 2.18. The Bertz CT molecular complexity index is 895. The van der Waals surface area contributed by atoms with Crippen molar-refractivity contribution in [1.82, 2.24) is 20.1 Å². The lowest BCUT2D eigenvalue weighted by molar-refractivity contribution is 0.0949. The second-order valence-electron chi connectivity index (χ2n) is 6.13. The number of nitrogens with one attached hydrogen (secondary N) is 1. The molecule has 3 aromatic rings. The molecule has 1 N–H and O–H groups in total. The summed E-state index contributed by atoms with van der Waals surface area (Å²) < 4.78 is 7.22. The van der Waals surface area contributed by atoms with Crippen LogP contribution in [0.15, 0.2) is 59.8 Å². The average Bonchev–Trinajstić information content (AvgIpc) is 3.13. The van der Waals surface area contributed by atoms with Crippen molar-refractivity contribution in [2.75, 3.05) is 12.9 Å². The first-order chi connectivity index (χ1) is 13.7. The van der Waals surface area contributed by atoms with E-state index in [9.17, 15) is 4.79 Å². The van der Waals surface area contributed by atoms with E-state index in [1.165, 1.54) is 5.56 Å². The van der Waals surface area contributed by atoms with Gasteiger partial charge in [0.2, 0.25) is 0 Å². The molecule has 6 nitrogen and oxygen atoms in total. The number of aromatic nitrogens is 3. The molecule has 0 radical (unpaired) electrons. The molecule has 0 aliphatic carbocycles. The highest BCUT2D eigenvalue weighted by Gasteiger charge is 2.14. The number of hydrogen-bond donors (Lipinski definition) is 1. The van der Waals surface area contributed by atoms with E-state index in [1.54, 1.807) is 43.1 Å². The number of rotatable bonds is 9. The Kier molecular flexibility index (Phi) is 7.08. The third-order valence-electron chi connectivity index (χ3n) is 4.29. The largest absolute Gasteiger partial charge is 0.497 e. The Hall–Kier alpha value is -2.80. The predicted molar refractivity (Wildman–Crippen MR) is 111 cm³/mol. The molecule has 0 bridgehead atoms. The Balaban J connectivity index is 1.67. The molecule has 0 saturated heterocycles. The molecule has 1 heterocycles. The number of carbonyl (C=O) groups is 1. The fourth-order valence-corrected chi connectivity index (χ4v) is 3.51. The zero-order chi connectivity index (χ0) is 19.8. The number of methoxy groups -OCH3 is 1. The zero-order valence-electron chi connectivity index (χ0n) is 16.1. The van der Waals surface area contributed by atoms with Crippen LogP contribution < -0.4 is 10.1 Å². The summed E-state index contributed by atoms with van der Waals surface area (Å²) in [5, 5.41) is 12.4. The van der Waals surface area contributed by atoms with Gasteiger partial charge in [0.25, 0.3) is 5.91 Å². The molecule has 2 aromatic carbocycles. The third kappa shape index (κ3) is 5.13. The van der Waals surface area contributed by atoms with E-state index >= 15 is 0 Å². The third-order valence-corrected chi connectivity index (χ3v) is 5.14. The van der Waals surface area contributed by atoms with E-state index in [2.05, 4.69) is 39.1 Å². The number of benzene rings is 2. The highest BCUT2D eigenvalue weighted by atomic mass is 32.2. The molecule has 28 heavy (non-hydrogen) atoms. The number of amides is 1. The summed E-state index contributed by atoms with van der Waals surface area (Å²) in [4.78, 5) is 12.4. The van der Waals surface area contributed by atoms with Crippen LogP contribution in [0.2, 0.25) is 0 Å². The summed E-state index contributed by atoms with van der Waals surface area (Å²) in [5.41, 5.74) is 1.84. The van der Waals surface area contributed by atoms with Crippen LogP contribution in [0.1, 0.15) is 28.7 Å². The molecule has 0 fully saturated rings. The number of thioether (sulfide) groups is 1. The van der Waals surface area contributed by atoms with Gasteiger partial charge >= 0.3 is 0 Å². The number of carbonyl (C=O) groups excluding carboxylic acids is 1. The van der Waals surface area contributed by atoms with E-state index in [-0.39, 0.29) is 5.91 Å². The van der Waals surface area contributed by atoms with Crippen molar-refractivity contribution < 1.29 is 9.53 Å². The van der Waals surface area contributed by atoms with Gasteiger partial charge in [-0.15, -0.1) is 10.2 Å². The van der Waals surface area contributed by atoms with Crippen LogP contribution in [-0.2, 0) is 19.5 Å². The monoisotopic (exact) mass is 396 g/mol. The van der Waals surface area contributed by atoms with E-state index in [4.69, 9.17) is 4.74 Å². The summed E-state index contributed by atoms with van der Waals surface area (Å²) in [7, 11) is 1.60. The number of nitrogens with zero attached hydrogens (tertiary/aromatic N) is 3. The summed E-state index contributed by atoms with van der Waals surface area (Å²) in [5.74, 6) is 2.25. The molecule has 0 unspecified atom stereocenters. The smallest absolute Gasteiger partial charge is 0.251 e. The number of ether oxygens (including phenoxy) is 1. The number of aryl methyl sites for hydroxylation is 1. The van der Waals surface area contributed by atoms with Gasteiger partial charge in [0.15, 0.2) is 11.0 Å². The van der Waals surface area contributed by atoms with Crippen molar-refractivity contribution in [3.05, 3.63) is 71.5 Å². The van der Waals surface area contributed by atoms with Crippen LogP contribution in [0.25, 0.3) is 0 Å².